The molecule has 0 fully saturated rings. The summed E-state index contributed by atoms with van der Waals surface area (Å²) in [5, 5.41) is 24.1. The minimum absolute atomic E-state index is 0.0928. The third kappa shape index (κ3) is 5.33. The number of aryl methyl sites for hydroxylation is 1. The number of phenols is 1. The van der Waals surface area contributed by atoms with Crippen molar-refractivity contribution in [3.05, 3.63) is 23.3 Å². The summed E-state index contributed by atoms with van der Waals surface area (Å²) in [6.07, 6.45) is 1.13. The van der Waals surface area contributed by atoms with E-state index in [1.807, 2.05) is 13.8 Å². The number of thiocarbonyl (C=S) groups is 1. The number of rotatable bonds is 5. The molecule has 0 heterocycles. The first-order valence-electron chi connectivity index (χ1n) is 6.88. The average molecular weight is 324 g/mol. The van der Waals surface area contributed by atoms with Crippen LogP contribution >= 0.6 is 12.2 Å². The predicted molar refractivity (Wildman–Crippen MR) is 88.2 cm³/mol. The van der Waals surface area contributed by atoms with Gasteiger partial charge in [0.2, 0.25) is 5.91 Å². The molecular weight excluding hydrogens is 304 g/mol. The molecule has 1 aromatic carbocycles. The number of aromatic hydroxyl groups is 1. The van der Waals surface area contributed by atoms with E-state index in [2.05, 4.69) is 10.6 Å². The van der Waals surface area contributed by atoms with Crippen molar-refractivity contribution in [2.24, 2.45) is 5.92 Å². The Morgan fingerprint density at radius 1 is 1.32 bits per heavy atom. The molecule has 0 saturated heterocycles. The second-order valence-corrected chi connectivity index (χ2v) is 5.84. The minimum atomic E-state index is -1.24. The molecule has 1 rings (SSSR count). The lowest BCUT2D eigenvalue weighted by molar-refractivity contribution is -0.119. The molecule has 7 heteroatoms. The highest BCUT2D eigenvalue weighted by molar-refractivity contribution is 7.80. The summed E-state index contributed by atoms with van der Waals surface area (Å²) >= 11 is 5.02. The third-order valence-corrected chi connectivity index (χ3v) is 3.19. The lowest BCUT2D eigenvalue weighted by Crippen LogP contribution is -2.34. The largest absolute Gasteiger partial charge is 0.507 e. The van der Waals surface area contributed by atoms with Gasteiger partial charge >= 0.3 is 5.97 Å². The quantitative estimate of drug-likeness (QED) is 0.491. The molecule has 0 aliphatic heterocycles. The summed E-state index contributed by atoms with van der Waals surface area (Å²) < 4.78 is 0. The number of nitrogens with one attached hydrogen (secondary N) is 2. The predicted octanol–water partition coefficient (Wildman–Crippen LogP) is 2.65. The van der Waals surface area contributed by atoms with Crippen molar-refractivity contribution in [3.8, 4) is 5.75 Å². The molecule has 0 saturated carbocycles. The van der Waals surface area contributed by atoms with Crippen LogP contribution in [-0.4, -0.2) is 27.2 Å². The van der Waals surface area contributed by atoms with Crippen LogP contribution in [0.2, 0.25) is 0 Å². The van der Waals surface area contributed by atoms with Crippen LogP contribution in [0.1, 0.15) is 42.6 Å². The SMILES string of the molecule is Cc1cc(NC(=S)NC(=O)CCC(C)C)cc(C(=O)O)c1O. The highest BCUT2D eigenvalue weighted by Gasteiger charge is 2.14. The number of carboxylic acids is 1. The molecule has 1 amide bonds. The van der Waals surface area contributed by atoms with Gasteiger partial charge in [0.1, 0.15) is 11.3 Å². The molecule has 1 aromatic rings. The van der Waals surface area contributed by atoms with Crippen molar-refractivity contribution in [2.45, 2.75) is 33.6 Å². The second-order valence-electron chi connectivity index (χ2n) is 5.43. The van der Waals surface area contributed by atoms with Gasteiger partial charge in [-0.3, -0.25) is 4.79 Å². The van der Waals surface area contributed by atoms with Crippen LogP contribution in [0, 0.1) is 12.8 Å². The van der Waals surface area contributed by atoms with Crippen LogP contribution in [0.15, 0.2) is 12.1 Å². The fraction of sp³-hybridized carbons (Fsp3) is 0.400. The normalized spacial score (nSPS) is 10.4. The first-order valence-corrected chi connectivity index (χ1v) is 7.29. The van der Waals surface area contributed by atoms with Crippen molar-refractivity contribution < 1.29 is 19.8 Å². The molecule has 0 aliphatic rings. The third-order valence-electron chi connectivity index (χ3n) is 2.99. The van der Waals surface area contributed by atoms with Gasteiger partial charge in [-0.2, -0.15) is 0 Å². The fourth-order valence-electron chi connectivity index (χ4n) is 1.79. The zero-order valence-electron chi connectivity index (χ0n) is 12.8. The van der Waals surface area contributed by atoms with Gasteiger partial charge < -0.3 is 20.8 Å². The van der Waals surface area contributed by atoms with Gasteiger partial charge in [-0.15, -0.1) is 0 Å². The second kappa shape index (κ2) is 7.74. The van der Waals surface area contributed by atoms with E-state index in [0.717, 1.165) is 6.42 Å². The summed E-state index contributed by atoms with van der Waals surface area (Å²) in [6, 6.07) is 2.81. The smallest absolute Gasteiger partial charge is 0.339 e. The van der Waals surface area contributed by atoms with Crippen LogP contribution in [-0.2, 0) is 4.79 Å². The lowest BCUT2D eigenvalue weighted by atomic mass is 10.1. The van der Waals surface area contributed by atoms with Crippen molar-refractivity contribution in [1.29, 1.82) is 0 Å². The maximum atomic E-state index is 11.7. The van der Waals surface area contributed by atoms with E-state index in [4.69, 9.17) is 17.3 Å². The molecule has 0 spiro atoms. The van der Waals surface area contributed by atoms with Gasteiger partial charge in [0.05, 0.1) is 0 Å². The Labute approximate surface area is 134 Å². The first kappa shape index (κ1) is 17.9. The Balaban J connectivity index is 2.72. The number of carbonyl (C=O) groups is 2. The van der Waals surface area contributed by atoms with Gasteiger partial charge in [0.25, 0.3) is 0 Å². The Morgan fingerprint density at radius 3 is 2.50 bits per heavy atom. The molecule has 0 bridgehead atoms. The van der Waals surface area contributed by atoms with Gasteiger partial charge in [0.15, 0.2) is 5.11 Å². The van der Waals surface area contributed by atoms with Crippen molar-refractivity contribution in [3.63, 3.8) is 0 Å². The van der Waals surface area contributed by atoms with Gasteiger partial charge in [0, 0.05) is 12.1 Å². The number of hydrogen-bond donors (Lipinski definition) is 4. The van der Waals surface area contributed by atoms with E-state index < -0.39 is 5.97 Å². The van der Waals surface area contributed by atoms with Crippen LogP contribution in [0.3, 0.4) is 0 Å². The number of carbonyl (C=O) groups excluding carboxylic acids is 1. The monoisotopic (exact) mass is 324 g/mol. The van der Waals surface area contributed by atoms with Crippen LogP contribution < -0.4 is 10.6 Å². The van der Waals surface area contributed by atoms with E-state index >= 15 is 0 Å². The highest BCUT2D eigenvalue weighted by atomic mass is 32.1. The highest BCUT2D eigenvalue weighted by Crippen LogP contribution is 2.26. The van der Waals surface area contributed by atoms with Crippen molar-refractivity contribution in [2.75, 3.05) is 5.32 Å². The molecule has 0 radical (unpaired) electrons. The molecule has 6 nitrogen and oxygen atoms in total. The lowest BCUT2D eigenvalue weighted by Gasteiger charge is -2.12. The molecule has 4 N–H and O–H groups in total. The number of amides is 1. The van der Waals surface area contributed by atoms with Crippen LogP contribution in [0.4, 0.5) is 5.69 Å². The number of aromatic carboxylic acids is 1. The molecule has 0 atom stereocenters. The van der Waals surface area contributed by atoms with Gasteiger partial charge in [-0.05, 0) is 49.2 Å². The Hall–Kier alpha value is -2.15. The van der Waals surface area contributed by atoms with E-state index in [1.165, 1.54) is 6.07 Å². The summed E-state index contributed by atoms with van der Waals surface area (Å²) in [4.78, 5) is 22.7. The number of anilines is 1. The standard InChI is InChI=1S/C15H20N2O4S/c1-8(2)4-5-12(18)17-15(22)16-10-6-9(3)13(19)11(7-10)14(20)21/h6-8,19H,4-5H2,1-3H3,(H,20,21)(H2,16,17,18,22). The van der Waals surface area contributed by atoms with E-state index in [-0.39, 0.29) is 22.3 Å². The van der Waals surface area contributed by atoms with E-state index in [0.29, 0.717) is 23.6 Å². The first-order chi connectivity index (χ1) is 10.2. The van der Waals surface area contributed by atoms with Crippen LogP contribution in [0.5, 0.6) is 5.75 Å². The topological polar surface area (TPSA) is 98.7 Å². The van der Waals surface area contributed by atoms with E-state index in [1.54, 1.807) is 13.0 Å². The summed E-state index contributed by atoms with van der Waals surface area (Å²) in [5.74, 6) is -1.30. The maximum absolute atomic E-state index is 11.7. The molecular formula is C15H20N2O4S. The van der Waals surface area contributed by atoms with Gasteiger partial charge in [-0.25, -0.2) is 4.79 Å². The molecule has 0 unspecified atom stereocenters. The average Bonchev–Trinajstić information content (AvgIpc) is 2.39. The molecule has 22 heavy (non-hydrogen) atoms. The summed E-state index contributed by atoms with van der Waals surface area (Å²) in [5.41, 5.74) is 0.564. The fourth-order valence-corrected chi connectivity index (χ4v) is 2.02. The van der Waals surface area contributed by atoms with Crippen molar-refractivity contribution in [1.82, 2.24) is 5.32 Å². The Bertz CT molecular complexity index is 599. The molecule has 120 valence electrons. The zero-order chi connectivity index (χ0) is 16.9. The Morgan fingerprint density at radius 2 is 1.95 bits per heavy atom. The number of hydrogen-bond acceptors (Lipinski definition) is 4. The Kier molecular flexibility index (Phi) is 6.30. The minimum Gasteiger partial charge on any atom is -0.507 e. The molecule has 0 aliphatic carbocycles. The van der Waals surface area contributed by atoms with Crippen molar-refractivity contribution >= 4 is 34.9 Å². The van der Waals surface area contributed by atoms with E-state index in [9.17, 15) is 14.7 Å². The van der Waals surface area contributed by atoms with Gasteiger partial charge in [-0.1, -0.05) is 13.8 Å². The van der Waals surface area contributed by atoms with Crippen LogP contribution in [0.25, 0.3) is 0 Å². The maximum Gasteiger partial charge on any atom is 0.339 e. The number of carboxylic acid groups (broad SMARTS) is 1. The molecule has 0 aromatic heterocycles. The number of benzene rings is 1. The zero-order valence-corrected chi connectivity index (χ0v) is 13.6. The summed E-state index contributed by atoms with van der Waals surface area (Å²) in [6.45, 7) is 5.63. The summed E-state index contributed by atoms with van der Waals surface area (Å²) in [7, 11) is 0.